The normalized spacial score (nSPS) is 13.8. The minimum absolute atomic E-state index is 0.0927. The van der Waals surface area contributed by atoms with E-state index in [4.69, 9.17) is 21.1 Å². The van der Waals surface area contributed by atoms with E-state index in [9.17, 15) is 24.6 Å². The number of nitrogens with one attached hydrogen (secondary N) is 3. The topological polar surface area (TPSA) is 150 Å². The number of hydrogen-bond donors (Lipinski definition) is 5. The lowest BCUT2D eigenvalue weighted by Crippen LogP contribution is -2.45. The number of H-pyrrole nitrogens is 1. The molecule has 0 saturated carbocycles. The van der Waals surface area contributed by atoms with Gasteiger partial charge in [0.25, 0.3) is 0 Å². The number of aromatic amines is 1. The molecule has 0 spiro atoms. The third kappa shape index (κ3) is 6.58. The lowest BCUT2D eigenvalue weighted by atomic mass is 9.93. The fraction of sp³-hybridized carbons (Fsp3) is 0.276. The van der Waals surface area contributed by atoms with Crippen molar-refractivity contribution >= 4 is 35.3 Å². The summed E-state index contributed by atoms with van der Waals surface area (Å²) in [7, 11) is 0. The summed E-state index contributed by atoms with van der Waals surface area (Å²) in [5.41, 5.74) is 1.42. The molecular weight excluding hydrogens is 538 g/mol. The molecule has 1 unspecified atom stereocenters. The van der Waals surface area contributed by atoms with Crippen LogP contribution in [0.2, 0.25) is 5.02 Å². The van der Waals surface area contributed by atoms with E-state index in [0.717, 1.165) is 5.56 Å². The molecule has 5 N–H and O–H groups in total. The number of aromatic nitrogens is 1. The number of ether oxygens (including phenoxy) is 2. The van der Waals surface area contributed by atoms with Crippen LogP contribution in [0.15, 0.2) is 48.5 Å². The van der Waals surface area contributed by atoms with E-state index in [2.05, 4.69) is 15.6 Å². The standard InChI is InChI=1S/C29H30ClN3O7/c1-15(2)26(27(36)25-16(3)28(37)33-29(25)38)32-24(35)13-20(18-5-4-6-19(30)12-18)31-23(34)10-8-17-7-9-21-22(11-17)40-14-39-21/h4-12,15,20,26,33,37-38H,13-14H2,1-3H3,(H,31,34)(H,32,35)/t20?,26-/m0/s1. The minimum Gasteiger partial charge on any atom is -0.494 e. The highest BCUT2D eigenvalue weighted by Crippen LogP contribution is 2.33. The fourth-order valence-corrected chi connectivity index (χ4v) is 4.56. The Balaban J connectivity index is 1.49. The number of Topliss-reactive ketones (excluding diaryl/α,β-unsaturated/α-hetero) is 1. The Morgan fingerprint density at radius 2 is 1.80 bits per heavy atom. The van der Waals surface area contributed by atoms with E-state index in [1.54, 1.807) is 62.4 Å². The van der Waals surface area contributed by atoms with Crippen LogP contribution in [0.4, 0.5) is 0 Å². The van der Waals surface area contributed by atoms with Crippen LogP contribution < -0.4 is 20.1 Å². The minimum atomic E-state index is -0.992. The first kappa shape index (κ1) is 28.6. The van der Waals surface area contributed by atoms with Gasteiger partial charge < -0.3 is 30.3 Å². The molecule has 2 amide bonds. The van der Waals surface area contributed by atoms with Crippen molar-refractivity contribution in [2.75, 3.05) is 6.79 Å². The summed E-state index contributed by atoms with van der Waals surface area (Å²) >= 11 is 6.18. The van der Waals surface area contributed by atoms with Crippen molar-refractivity contribution in [3.05, 3.63) is 75.8 Å². The van der Waals surface area contributed by atoms with Gasteiger partial charge in [0.2, 0.25) is 24.5 Å². The molecule has 40 heavy (non-hydrogen) atoms. The maximum absolute atomic E-state index is 13.2. The summed E-state index contributed by atoms with van der Waals surface area (Å²) in [4.78, 5) is 41.6. The lowest BCUT2D eigenvalue weighted by molar-refractivity contribution is -0.123. The zero-order valence-electron chi connectivity index (χ0n) is 22.2. The third-order valence-corrected chi connectivity index (χ3v) is 6.73. The first-order valence-corrected chi connectivity index (χ1v) is 13.0. The van der Waals surface area contributed by atoms with Crippen LogP contribution in [0.5, 0.6) is 23.3 Å². The van der Waals surface area contributed by atoms with Crippen LogP contribution in [0, 0.1) is 12.8 Å². The van der Waals surface area contributed by atoms with Gasteiger partial charge in [-0.25, -0.2) is 0 Å². The number of hydrogen-bond acceptors (Lipinski definition) is 7. The predicted octanol–water partition coefficient (Wildman–Crippen LogP) is 4.40. The Morgan fingerprint density at radius 1 is 1.05 bits per heavy atom. The summed E-state index contributed by atoms with van der Waals surface area (Å²) in [5.74, 6) is -1.43. The highest BCUT2D eigenvalue weighted by molar-refractivity contribution is 6.30. The zero-order chi connectivity index (χ0) is 29.0. The number of halogens is 1. The van der Waals surface area contributed by atoms with E-state index >= 15 is 0 Å². The van der Waals surface area contributed by atoms with Gasteiger partial charge in [-0.2, -0.15) is 0 Å². The van der Waals surface area contributed by atoms with E-state index in [1.807, 2.05) is 0 Å². The lowest BCUT2D eigenvalue weighted by Gasteiger charge is -2.24. The molecule has 1 aromatic heterocycles. The Morgan fingerprint density at radius 3 is 2.48 bits per heavy atom. The van der Waals surface area contributed by atoms with Gasteiger partial charge in [-0.3, -0.25) is 19.4 Å². The number of fused-ring (bicyclic) bond motifs is 1. The second kappa shape index (κ2) is 12.2. The van der Waals surface area contributed by atoms with Gasteiger partial charge in [0, 0.05) is 16.7 Å². The van der Waals surface area contributed by atoms with Gasteiger partial charge in [0.1, 0.15) is 0 Å². The van der Waals surface area contributed by atoms with Gasteiger partial charge in [0.05, 0.1) is 24.1 Å². The first-order chi connectivity index (χ1) is 19.0. The number of amides is 2. The average molecular weight is 568 g/mol. The average Bonchev–Trinajstić information content (AvgIpc) is 3.47. The van der Waals surface area contributed by atoms with Gasteiger partial charge in [-0.1, -0.05) is 43.6 Å². The molecule has 2 heterocycles. The molecule has 1 aliphatic rings. The van der Waals surface area contributed by atoms with Gasteiger partial charge >= 0.3 is 0 Å². The molecule has 0 radical (unpaired) electrons. The Bertz CT molecular complexity index is 1460. The SMILES string of the molecule is Cc1c(O)[nH]c(O)c1C(=O)[C@@H](NC(=O)CC(NC(=O)C=Cc1ccc2c(c1)OCO2)c1cccc(Cl)c1)C(C)C. The van der Waals surface area contributed by atoms with Crippen LogP contribution in [0.3, 0.4) is 0 Å². The molecule has 0 aliphatic carbocycles. The molecule has 2 aromatic carbocycles. The van der Waals surface area contributed by atoms with Crippen LogP contribution in [-0.2, 0) is 9.59 Å². The van der Waals surface area contributed by atoms with E-state index in [0.29, 0.717) is 22.1 Å². The molecule has 2 atom stereocenters. The number of rotatable bonds is 10. The van der Waals surface area contributed by atoms with Crippen molar-refractivity contribution in [3.8, 4) is 23.3 Å². The first-order valence-electron chi connectivity index (χ1n) is 12.6. The smallest absolute Gasteiger partial charge is 0.244 e. The van der Waals surface area contributed by atoms with Gasteiger partial charge in [-0.05, 0) is 54.3 Å². The van der Waals surface area contributed by atoms with Crippen molar-refractivity contribution in [2.24, 2.45) is 5.92 Å². The van der Waals surface area contributed by atoms with E-state index in [-0.39, 0.29) is 36.1 Å². The van der Waals surface area contributed by atoms with Gasteiger partial charge in [-0.15, -0.1) is 0 Å². The summed E-state index contributed by atoms with van der Waals surface area (Å²) in [6.45, 7) is 5.13. The summed E-state index contributed by atoms with van der Waals surface area (Å²) in [6, 6.07) is 10.3. The van der Waals surface area contributed by atoms with Crippen molar-refractivity contribution in [3.63, 3.8) is 0 Å². The molecular formula is C29H30ClN3O7. The Hall–Kier alpha value is -4.44. The van der Waals surface area contributed by atoms with Crippen molar-refractivity contribution in [1.29, 1.82) is 0 Å². The van der Waals surface area contributed by atoms with Crippen LogP contribution in [0.1, 0.15) is 53.4 Å². The maximum atomic E-state index is 13.2. The molecule has 0 saturated heterocycles. The number of aromatic hydroxyl groups is 2. The number of benzene rings is 2. The highest BCUT2D eigenvalue weighted by Gasteiger charge is 2.31. The molecule has 0 bridgehead atoms. The molecule has 10 nitrogen and oxygen atoms in total. The Kier molecular flexibility index (Phi) is 8.69. The van der Waals surface area contributed by atoms with E-state index < -0.39 is 35.6 Å². The molecule has 4 rings (SSSR count). The predicted molar refractivity (Wildman–Crippen MR) is 149 cm³/mol. The van der Waals surface area contributed by atoms with Crippen molar-refractivity contribution < 1.29 is 34.1 Å². The second-order valence-corrected chi connectivity index (χ2v) is 10.2. The van der Waals surface area contributed by atoms with Crippen LogP contribution >= 0.6 is 11.6 Å². The molecule has 210 valence electrons. The Labute approximate surface area is 236 Å². The van der Waals surface area contributed by atoms with Crippen LogP contribution in [0.25, 0.3) is 6.08 Å². The quantitative estimate of drug-likeness (QED) is 0.180. The molecule has 0 fully saturated rings. The van der Waals surface area contributed by atoms with Crippen LogP contribution in [-0.4, -0.2) is 45.6 Å². The number of ketones is 1. The van der Waals surface area contributed by atoms with E-state index in [1.165, 1.54) is 13.0 Å². The number of carbonyl (C=O) groups is 3. The van der Waals surface area contributed by atoms with Gasteiger partial charge in [0.15, 0.2) is 23.2 Å². The second-order valence-electron chi connectivity index (χ2n) is 9.74. The highest BCUT2D eigenvalue weighted by atomic mass is 35.5. The van der Waals surface area contributed by atoms with Crippen molar-refractivity contribution in [1.82, 2.24) is 15.6 Å². The largest absolute Gasteiger partial charge is 0.494 e. The molecule has 1 aliphatic heterocycles. The molecule has 11 heteroatoms. The third-order valence-electron chi connectivity index (χ3n) is 6.50. The summed E-state index contributed by atoms with van der Waals surface area (Å²) in [5, 5.41) is 26.0. The number of carbonyl (C=O) groups excluding carboxylic acids is 3. The van der Waals surface area contributed by atoms with Crippen molar-refractivity contribution in [2.45, 2.75) is 39.3 Å². The molecule has 3 aromatic rings. The maximum Gasteiger partial charge on any atom is 0.244 e. The summed E-state index contributed by atoms with van der Waals surface area (Å²) < 4.78 is 10.7. The fourth-order valence-electron chi connectivity index (χ4n) is 4.36. The monoisotopic (exact) mass is 567 g/mol. The zero-order valence-corrected chi connectivity index (χ0v) is 22.9. The summed E-state index contributed by atoms with van der Waals surface area (Å²) in [6.07, 6.45) is 2.77.